The Balaban J connectivity index is 1.60. The lowest BCUT2D eigenvalue weighted by Crippen LogP contribution is -2.24. The van der Waals surface area contributed by atoms with Crippen molar-refractivity contribution < 1.29 is 13.9 Å². The van der Waals surface area contributed by atoms with Crippen LogP contribution < -0.4 is 10.1 Å². The molecule has 0 radical (unpaired) electrons. The van der Waals surface area contributed by atoms with Gasteiger partial charge in [0.15, 0.2) is 10.8 Å². The standard InChI is InChI=1S/C19H18N4O3S/c1-12-9-16-21-22-19(23(16)18-14(12)6-3-7-15(18)25-2)27-11-17(24)20-10-13-5-4-8-26-13/h3-9H,10-11H2,1-2H3,(H,20,24). The fourth-order valence-electron chi connectivity index (χ4n) is 2.97. The second-order valence-electron chi connectivity index (χ2n) is 6.00. The molecule has 1 N–H and O–H groups in total. The molecular formula is C19H18N4O3S. The number of pyridine rings is 1. The molecule has 0 saturated heterocycles. The lowest BCUT2D eigenvalue weighted by Gasteiger charge is -2.11. The summed E-state index contributed by atoms with van der Waals surface area (Å²) in [6.45, 7) is 2.40. The molecule has 0 spiro atoms. The molecule has 3 heterocycles. The van der Waals surface area contributed by atoms with Gasteiger partial charge in [-0.05, 0) is 36.8 Å². The number of fused-ring (bicyclic) bond motifs is 3. The molecular weight excluding hydrogens is 364 g/mol. The molecule has 0 atom stereocenters. The Morgan fingerprint density at radius 3 is 2.96 bits per heavy atom. The van der Waals surface area contributed by atoms with Crippen LogP contribution in [0.25, 0.3) is 16.6 Å². The maximum atomic E-state index is 12.2. The number of rotatable bonds is 6. The van der Waals surface area contributed by atoms with Gasteiger partial charge in [0.05, 0.1) is 31.2 Å². The van der Waals surface area contributed by atoms with Crippen molar-refractivity contribution in [2.24, 2.45) is 0 Å². The molecule has 4 rings (SSSR count). The number of nitrogens with one attached hydrogen (secondary N) is 1. The number of carbonyl (C=O) groups is 1. The van der Waals surface area contributed by atoms with E-state index < -0.39 is 0 Å². The Labute approximate surface area is 159 Å². The SMILES string of the molecule is COc1cccc2c(C)cc3nnc(SCC(=O)NCc4ccco4)n3c12. The summed E-state index contributed by atoms with van der Waals surface area (Å²) in [5.74, 6) is 1.58. The van der Waals surface area contributed by atoms with Crippen LogP contribution in [0.4, 0.5) is 0 Å². The summed E-state index contributed by atoms with van der Waals surface area (Å²) in [5, 5.41) is 13.1. The Hall–Kier alpha value is -3.00. The van der Waals surface area contributed by atoms with Crippen molar-refractivity contribution in [1.29, 1.82) is 0 Å². The maximum Gasteiger partial charge on any atom is 0.230 e. The summed E-state index contributed by atoms with van der Waals surface area (Å²) >= 11 is 1.33. The zero-order valence-corrected chi connectivity index (χ0v) is 15.7. The van der Waals surface area contributed by atoms with Crippen LogP contribution in [0.2, 0.25) is 0 Å². The molecule has 27 heavy (non-hydrogen) atoms. The number of hydrogen-bond acceptors (Lipinski definition) is 6. The van der Waals surface area contributed by atoms with Crippen molar-refractivity contribution in [2.75, 3.05) is 12.9 Å². The molecule has 0 unspecified atom stereocenters. The van der Waals surface area contributed by atoms with Crippen molar-refractivity contribution in [3.63, 3.8) is 0 Å². The largest absolute Gasteiger partial charge is 0.495 e. The quantitative estimate of drug-likeness (QED) is 0.516. The third-order valence-corrected chi connectivity index (χ3v) is 5.17. The fourth-order valence-corrected chi connectivity index (χ4v) is 3.74. The lowest BCUT2D eigenvalue weighted by molar-refractivity contribution is -0.118. The van der Waals surface area contributed by atoms with Crippen molar-refractivity contribution in [3.8, 4) is 5.75 Å². The zero-order valence-electron chi connectivity index (χ0n) is 14.9. The average Bonchev–Trinajstić information content (AvgIpc) is 3.34. The minimum absolute atomic E-state index is 0.100. The summed E-state index contributed by atoms with van der Waals surface area (Å²) in [6.07, 6.45) is 1.58. The average molecular weight is 382 g/mol. The van der Waals surface area contributed by atoms with Gasteiger partial charge < -0.3 is 14.5 Å². The van der Waals surface area contributed by atoms with E-state index in [-0.39, 0.29) is 11.7 Å². The monoisotopic (exact) mass is 382 g/mol. The first kappa shape index (κ1) is 17.4. The first-order valence-corrected chi connectivity index (χ1v) is 9.39. The van der Waals surface area contributed by atoms with Crippen molar-refractivity contribution in [1.82, 2.24) is 19.9 Å². The molecule has 0 fully saturated rings. The first-order valence-electron chi connectivity index (χ1n) is 8.40. The molecule has 4 aromatic rings. The highest BCUT2D eigenvalue weighted by Crippen LogP contribution is 2.31. The Morgan fingerprint density at radius 1 is 1.30 bits per heavy atom. The van der Waals surface area contributed by atoms with E-state index in [1.807, 2.05) is 41.7 Å². The van der Waals surface area contributed by atoms with Crippen LogP contribution in [0, 0.1) is 6.92 Å². The van der Waals surface area contributed by atoms with Crippen LogP contribution >= 0.6 is 11.8 Å². The van der Waals surface area contributed by atoms with E-state index in [9.17, 15) is 4.79 Å². The number of nitrogens with zero attached hydrogens (tertiary/aromatic N) is 3. The third-order valence-electron chi connectivity index (χ3n) is 4.24. The van der Waals surface area contributed by atoms with E-state index in [0.29, 0.717) is 17.5 Å². The molecule has 0 bridgehead atoms. The molecule has 1 amide bonds. The van der Waals surface area contributed by atoms with Gasteiger partial charge in [0.1, 0.15) is 11.5 Å². The normalized spacial score (nSPS) is 11.2. The zero-order chi connectivity index (χ0) is 18.8. The Kier molecular flexibility index (Phi) is 4.72. The van der Waals surface area contributed by atoms with Gasteiger partial charge in [-0.15, -0.1) is 10.2 Å². The highest BCUT2D eigenvalue weighted by molar-refractivity contribution is 7.99. The predicted octanol–water partition coefficient (Wildman–Crippen LogP) is 3.20. The number of benzene rings is 1. The molecule has 3 aromatic heterocycles. The van der Waals surface area contributed by atoms with Crippen LogP contribution in [-0.4, -0.2) is 33.4 Å². The van der Waals surface area contributed by atoms with Crippen molar-refractivity contribution in [3.05, 3.63) is 54.0 Å². The molecule has 0 aliphatic carbocycles. The van der Waals surface area contributed by atoms with Gasteiger partial charge in [0, 0.05) is 5.39 Å². The summed E-state index contributed by atoms with van der Waals surface area (Å²) in [4.78, 5) is 12.2. The summed E-state index contributed by atoms with van der Waals surface area (Å²) in [7, 11) is 1.64. The summed E-state index contributed by atoms with van der Waals surface area (Å²) in [6, 6.07) is 11.5. The lowest BCUT2D eigenvalue weighted by atomic mass is 10.1. The number of methoxy groups -OCH3 is 1. The molecule has 138 valence electrons. The third kappa shape index (κ3) is 3.35. The highest BCUT2D eigenvalue weighted by atomic mass is 32.2. The van der Waals surface area contributed by atoms with Gasteiger partial charge in [-0.1, -0.05) is 23.9 Å². The van der Waals surface area contributed by atoms with E-state index in [1.54, 1.807) is 19.4 Å². The molecule has 8 heteroatoms. The van der Waals surface area contributed by atoms with Crippen LogP contribution in [-0.2, 0) is 11.3 Å². The number of amides is 1. The smallest absolute Gasteiger partial charge is 0.230 e. The number of para-hydroxylation sites is 1. The van der Waals surface area contributed by atoms with Crippen LogP contribution in [0.5, 0.6) is 5.75 Å². The van der Waals surface area contributed by atoms with Crippen molar-refractivity contribution in [2.45, 2.75) is 18.6 Å². The maximum absolute atomic E-state index is 12.2. The summed E-state index contributed by atoms with van der Waals surface area (Å²) < 4.78 is 12.7. The fraction of sp³-hybridized carbons (Fsp3) is 0.211. The molecule has 0 saturated carbocycles. The summed E-state index contributed by atoms with van der Waals surface area (Å²) in [5.41, 5.74) is 2.72. The van der Waals surface area contributed by atoms with Crippen molar-refractivity contribution >= 4 is 34.2 Å². The molecule has 1 aromatic carbocycles. The Morgan fingerprint density at radius 2 is 2.19 bits per heavy atom. The van der Waals surface area contributed by atoms with Gasteiger partial charge in [0.2, 0.25) is 5.91 Å². The molecule has 0 aliphatic heterocycles. The minimum atomic E-state index is -0.100. The van der Waals surface area contributed by atoms with E-state index in [4.69, 9.17) is 9.15 Å². The van der Waals surface area contributed by atoms with Crippen LogP contribution in [0.3, 0.4) is 0 Å². The molecule has 0 aliphatic rings. The van der Waals surface area contributed by atoms with Gasteiger partial charge in [0.25, 0.3) is 0 Å². The van der Waals surface area contributed by atoms with E-state index in [2.05, 4.69) is 15.5 Å². The van der Waals surface area contributed by atoms with Gasteiger partial charge in [-0.3, -0.25) is 9.20 Å². The topological polar surface area (TPSA) is 81.7 Å². The van der Waals surface area contributed by atoms with Gasteiger partial charge in [-0.25, -0.2) is 0 Å². The van der Waals surface area contributed by atoms with Gasteiger partial charge in [-0.2, -0.15) is 0 Å². The van der Waals surface area contributed by atoms with E-state index in [0.717, 1.165) is 27.9 Å². The highest BCUT2D eigenvalue weighted by Gasteiger charge is 2.16. The number of thioether (sulfide) groups is 1. The number of ether oxygens (including phenoxy) is 1. The van der Waals surface area contributed by atoms with E-state index in [1.165, 1.54) is 11.8 Å². The number of hydrogen-bond donors (Lipinski definition) is 1. The minimum Gasteiger partial charge on any atom is -0.495 e. The number of aromatic nitrogens is 3. The van der Waals surface area contributed by atoms with Crippen LogP contribution in [0.15, 0.2) is 52.2 Å². The van der Waals surface area contributed by atoms with E-state index >= 15 is 0 Å². The number of carbonyl (C=O) groups excluding carboxylic acids is 1. The first-order chi connectivity index (χ1) is 13.2. The predicted molar refractivity (Wildman–Crippen MR) is 103 cm³/mol. The van der Waals surface area contributed by atoms with Gasteiger partial charge >= 0.3 is 0 Å². The number of furan rings is 1. The van der Waals surface area contributed by atoms with Crippen LogP contribution in [0.1, 0.15) is 11.3 Å². The Bertz CT molecular complexity index is 1110. The second-order valence-corrected chi connectivity index (χ2v) is 6.95. The molecule has 7 nitrogen and oxygen atoms in total. The second kappa shape index (κ2) is 7.32. The number of aryl methyl sites for hydroxylation is 1.